The summed E-state index contributed by atoms with van der Waals surface area (Å²) in [7, 11) is 0. The minimum atomic E-state index is -0.550. The van der Waals surface area contributed by atoms with E-state index in [9.17, 15) is 4.79 Å². The van der Waals surface area contributed by atoms with Crippen molar-refractivity contribution >= 4 is 11.9 Å². The van der Waals surface area contributed by atoms with Crippen LogP contribution in [0.5, 0.6) is 0 Å². The van der Waals surface area contributed by atoms with Gasteiger partial charge in [-0.25, -0.2) is 4.79 Å². The highest BCUT2D eigenvalue weighted by Crippen LogP contribution is 2.44. The first kappa shape index (κ1) is 18.1. The minimum absolute atomic E-state index is 0.00499. The van der Waals surface area contributed by atoms with Crippen molar-refractivity contribution in [1.29, 1.82) is 5.26 Å². The second kappa shape index (κ2) is 7.79. The van der Waals surface area contributed by atoms with Crippen LogP contribution in [0.15, 0.2) is 48.5 Å². The maximum atomic E-state index is 12.1. The van der Waals surface area contributed by atoms with Crippen LogP contribution in [0, 0.1) is 23.2 Å². The van der Waals surface area contributed by atoms with Crippen molar-refractivity contribution in [2.45, 2.75) is 5.92 Å². The molecule has 0 bridgehead atoms. The van der Waals surface area contributed by atoms with Gasteiger partial charge in [0, 0.05) is 5.92 Å². The SMILES string of the molecule is N#Cc1c(N)n[nH]c1C#CCNC(=O)OCC1c2ccccc2-c2ccccc21. The quantitative estimate of drug-likeness (QED) is 0.601. The number of aromatic amines is 1. The Bertz CT molecular complexity index is 1130. The van der Waals surface area contributed by atoms with Crippen molar-refractivity contribution in [3.63, 3.8) is 0 Å². The number of nitrogens with one attached hydrogen (secondary N) is 2. The molecule has 0 unspecified atom stereocenters. The summed E-state index contributed by atoms with van der Waals surface area (Å²) < 4.78 is 5.43. The number of hydrogen-bond acceptors (Lipinski definition) is 5. The van der Waals surface area contributed by atoms with Crippen molar-refractivity contribution in [3.05, 3.63) is 70.9 Å². The van der Waals surface area contributed by atoms with E-state index in [0.29, 0.717) is 5.69 Å². The van der Waals surface area contributed by atoms with Crippen LogP contribution in [0.3, 0.4) is 0 Å². The molecule has 3 aromatic rings. The number of fused-ring (bicyclic) bond motifs is 3. The maximum absolute atomic E-state index is 12.1. The summed E-state index contributed by atoms with van der Waals surface area (Å²) in [5, 5.41) is 17.9. The Kier molecular flexibility index (Phi) is 4.88. The van der Waals surface area contributed by atoms with Gasteiger partial charge in [-0.3, -0.25) is 5.10 Å². The number of benzene rings is 2. The molecular formula is C22H17N5O2. The lowest BCUT2D eigenvalue weighted by Gasteiger charge is -2.14. The van der Waals surface area contributed by atoms with E-state index in [1.165, 1.54) is 11.1 Å². The molecule has 1 heterocycles. The number of amides is 1. The van der Waals surface area contributed by atoms with E-state index in [0.717, 1.165) is 11.1 Å². The predicted molar refractivity (Wildman–Crippen MR) is 108 cm³/mol. The van der Waals surface area contributed by atoms with Gasteiger partial charge in [0.05, 0.1) is 6.54 Å². The molecule has 4 rings (SSSR count). The number of carbonyl (C=O) groups excluding carboxylic acids is 1. The number of ether oxygens (including phenoxy) is 1. The van der Waals surface area contributed by atoms with Gasteiger partial charge in [-0.15, -0.1) is 0 Å². The number of anilines is 1. The van der Waals surface area contributed by atoms with Crippen molar-refractivity contribution < 1.29 is 9.53 Å². The van der Waals surface area contributed by atoms with Gasteiger partial charge in [0.2, 0.25) is 0 Å². The van der Waals surface area contributed by atoms with Crippen LogP contribution in [0.25, 0.3) is 11.1 Å². The van der Waals surface area contributed by atoms with Crippen LogP contribution in [0.2, 0.25) is 0 Å². The number of rotatable bonds is 3. The number of carbonyl (C=O) groups is 1. The molecule has 7 nitrogen and oxygen atoms in total. The van der Waals surface area contributed by atoms with E-state index in [1.807, 2.05) is 30.3 Å². The summed E-state index contributed by atoms with van der Waals surface area (Å²) in [6.45, 7) is 0.309. The molecule has 142 valence electrons. The third-order valence-corrected chi connectivity index (χ3v) is 4.78. The van der Waals surface area contributed by atoms with Gasteiger partial charge in [-0.2, -0.15) is 10.4 Å². The first-order valence-electron chi connectivity index (χ1n) is 9.00. The largest absolute Gasteiger partial charge is 0.449 e. The van der Waals surface area contributed by atoms with Crippen LogP contribution in [-0.4, -0.2) is 29.4 Å². The Morgan fingerprint density at radius 1 is 1.17 bits per heavy atom. The average Bonchev–Trinajstić information content (AvgIpc) is 3.27. The van der Waals surface area contributed by atoms with Gasteiger partial charge >= 0.3 is 6.09 Å². The molecule has 0 fully saturated rings. The van der Waals surface area contributed by atoms with Gasteiger partial charge in [0.1, 0.15) is 23.9 Å². The number of aromatic nitrogens is 2. The third-order valence-electron chi connectivity index (χ3n) is 4.78. The average molecular weight is 383 g/mol. The molecule has 29 heavy (non-hydrogen) atoms. The zero-order valence-electron chi connectivity index (χ0n) is 15.4. The fourth-order valence-electron chi connectivity index (χ4n) is 3.46. The van der Waals surface area contributed by atoms with Crippen LogP contribution in [-0.2, 0) is 4.74 Å². The van der Waals surface area contributed by atoms with E-state index >= 15 is 0 Å². The standard InChI is InChI=1S/C22H17N5O2/c23-12-18-20(26-27-21(18)24)10-5-11-25-22(28)29-13-19-16-8-3-1-6-14(16)15-7-2-4-9-17(15)19/h1-4,6-9,19H,11,13H2,(H,25,28)(H3,24,26,27). The van der Waals surface area contributed by atoms with E-state index in [4.69, 9.17) is 15.7 Å². The number of nitriles is 1. The summed E-state index contributed by atoms with van der Waals surface area (Å²) in [5.41, 5.74) is 10.7. The zero-order chi connectivity index (χ0) is 20.2. The van der Waals surface area contributed by atoms with Gasteiger partial charge in [0.15, 0.2) is 5.82 Å². The number of H-pyrrole nitrogens is 1. The van der Waals surface area contributed by atoms with Gasteiger partial charge < -0.3 is 15.8 Å². The molecule has 1 aromatic heterocycles. The second-order valence-electron chi connectivity index (χ2n) is 6.45. The van der Waals surface area contributed by atoms with E-state index in [-0.39, 0.29) is 30.5 Å². The molecule has 0 saturated carbocycles. The molecule has 0 aliphatic heterocycles. The Morgan fingerprint density at radius 3 is 2.48 bits per heavy atom. The summed E-state index contributed by atoms with van der Waals surface area (Å²) in [6, 6.07) is 18.2. The highest BCUT2D eigenvalue weighted by Gasteiger charge is 2.28. The first-order chi connectivity index (χ1) is 14.2. The fourth-order valence-corrected chi connectivity index (χ4v) is 3.46. The van der Waals surface area contributed by atoms with Crippen LogP contribution in [0.1, 0.15) is 28.3 Å². The highest BCUT2D eigenvalue weighted by atomic mass is 16.5. The molecule has 0 atom stereocenters. The van der Waals surface area contributed by atoms with Crippen molar-refractivity contribution in [3.8, 4) is 29.0 Å². The number of nitrogens with two attached hydrogens (primary N) is 1. The Labute approximate surface area is 167 Å². The Hall–Kier alpha value is -4.23. The fraction of sp³-hybridized carbons (Fsp3) is 0.136. The van der Waals surface area contributed by atoms with Crippen molar-refractivity contribution in [2.75, 3.05) is 18.9 Å². The lowest BCUT2D eigenvalue weighted by molar-refractivity contribution is 0.144. The summed E-state index contributed by atoms with van der Waals surface area (Å²) in [5.74, 6) is 5.57. The number of hydrogen-bond donors (Lipinski definition) is 3. The molecule has 4 N–H and O–H groups in total. The van der Waals surface area contributed by atoms with Gasteiger partial charge in [0.25, 0.3) is 0 Å². The smallest absolute Gasteiger partial charge is 0.407 e. The molecule has 1 amide bonds. The Balaban J connectivity index is 1.36. The lowest BCUT2D eigenvalue weighted by Crippen LogP contribution is -2.26. The van der Waals surface area contributed by atoms with E-state index in [2.05, 4.69) is 51.6 Å². The maximum Gasteiger partial charge on any atom is 0.407 e. The Morgan fingerprint density at radius 2 is 1.83 bits per heavy atom. The first-order valence-corrected chi connectivity index (χ1v) is 9.00. The van der Waals surface area contributed by atoms with Crippen LogP contribution < -0.4 is 11.1 Å². The molecular weight excluding hydrogens is 366 g/mol. The van der Waals surface area contributed by atoms with Gasteiger partial charge in [-0.05, 0) is 28.2 Å². The summed E-state index contributed by atoms with van der Waals surface area (Å²) in [4.78, 5) is 12.1. The van der Waals surface area contributed by atoms with Gasteiger partial charge in [-0.1, -0.05) is 54.5 Å². The molecule has 2 aromatic carbocycles. The minimum Gasteiger partial charge on any atom is -0.449 e. The second-order valence-corrected chi connectivity index (χ2v) is 6.45. The predicted octanol–water partition coefficient (Wildman–Crippen LogP) is 2.75. The summed E-state index contributed by atoms with van der Waals surface area (Å²) >= 11 is 0. The molecule has 0 saturated heterocycles. The van der Waals surface area contributed by atoms with Crippen LogP contribution in [0.4, 0.5) is 10.6 Å². The number of alkyl carbamates (subject to hydrolysis) is 1. The van der Waals surface area contributed by atoms with Crippen LogP contribution >= 0.6 is 0 Å². The molecule has 0 spiro atoms. The highest BCUT2D eigenvalue weighted by molar-refractivity contribution is 5.79. The monoisotopic (exact) mass is 383 g/mol. The lowest BCUT2D eigenvalue weighted by atomic mass is 9.98. The zero-order valence-corrected chi connectivity index (χ0v) is 15.4. The van der Waals surface area contributed by atoms with Crippen molar-refractivity contribution in [2.24, 2.45) is 0 Å². The van der Waals surface area contributed by atoms with E-state index < -0.39 is 6.09 Å². The molecule has 7 heteroatoms. The number of nitrogens with zero attached hydrogens (tertiary/aromatic N) is 2. The molecule has 0 radical (unpaired) electrons. The topological polar surface area (TPSA) is 117 Å². The third kappa shape index (κ3) is 3.50. The molecule has 1 aliphatic rings. The number of nitrogen functional groups attached to an aromatic ring is 1. The summed E-state index contributed by atoms with van der Waals surface area (Å²) in [6.07, 6.45) is -0.550. The normalized spacial score (nSPS) is 11.6. The van der Waals surface area contributed by atoms with Crippen molar-refractivity contribution in [1.82, 2.24) is 15.5 Å². The molecule has 1 aliphatic carbocycles. The van der Waals surface area contributed by atoms with E-state index in [1.54, 1.807) is 0 Å².